The average molecular weight is 244 g/mol. The Morgan fingerprint density at radius 3 is 2.06 bits per heavy atom. The summed E-state index contributed by atoms with van der Waals surface area (Å²) in [4.78, 5) is 0. The van der Waals surface area contributed by atoms with Gasteiger partial charge in [-0.05, 0) is 27.7 Å². The van der Waals surface area contributed by atoms with Crippen LogP contribution in [0, 0.1) is 0 Å². The van der Waals surface area contributed by atoms with Crippen LogP contribution in [0.2, 0.25) is 0 Å². The van der Waals surface area contributed by atoms with E-state index in [0.29, 0.717) is 6.42 Å². The first-order chi connectivity index (χ1) is 7.77. The summed E-state index contributed by atoms with van der Waals surface area (Å²) in [5, 5.41) is 10.1. The molecular formula is C12H20O5. The Hall–Kier alpha value is -0.200. The van der Waals surface area contributed by atoms with Crippen LogP contribution in [0.4, 0.5) is 0 Å². The van der Waals surface area contributed by atoms with Crippen LogP contribution in [-0.4, -0.2) is 47.2 Å². The topological polar surface area (TPSA) is 57.2 Å². The van der Waals surface area contributed by atoms with Gasteiger partial charge in [-0.15, -0.1) is 0 Å². The van der Waals surface area contributed by atoms with Gasteiger partial charge in [-0.1, -0.05) is 0 Å². The van der Waals surface area contributed by atoms with Gasteiger partial charge < -0.3 is 24.1 Å². The fourth-order valence-corrected chi connectivity index (χ4v) is 3.06. The van der Waals surface area contributed by atoms with Gasteiger partial charge in [0.1, 0.15) is 18.3 Å². The molecule has 5 heteroatoms. The number of hydrogen-bond donors (Lipinski definition) is 1. The van der Waals surface area contributed by atoms with E-state index in [1.807, 2.05) is 27.7 Å². The molecule has 2 aliphatic heterocycles. The minimum Gasteiger partial charge on any atom is -0.390 e. The molecule has 0 aromatic heterocycles. The SMILES string of the molecule is CC1(C)O[C@H]2[C@@H](O1)[C@@H](O)C[C@H]1OC(C)(C)O[C@H]21. The summed E-state index contributed by atoms with van der Waals surface area (Å²) in [5.41, 5.74) is 0. The van der Waals surface area contributed by atoms with Crippen molar-refractivity contribution in [3.8, 4) is 0 Å². The van der Waals surface area contributed by atoms with E-state index in [4.69, 9.17) is 18.9 Å². The van der Waals surface area contributed by atoms with Gasteiger partial charge in [0.15, 0.2) is 11.6 Å². The van der Waals surface area contributed by atoms with Crippen molar-refractivity contribution in [2.75, 3.05) is 0 Å². The van der Waals surface area contributed by atoms with E-state index >= 15 is 0 Å². The summed E-state index contributed by atoms with van der Waals surface area (Å²) in [6, 6.07) is 0. The first kappa shape index (κ1) is 11.9. The van der Waals surface area contributed by atoms with Crippen LogP contribution in [0.1, 0.15) is 34.1 Å². The van der Waals surface area contributed by atoms with Crippen LogP contribution in [0.5, 0.6) is 0 Å². The summed E-state index contributed by atoms with van der Waals surface area (Å²) in [6.07, 6.45) is -0.849. The van der Waals surface area contributed by atoms with Crippen molar-refractivity contribution in [3.05, 3.63) is 0 Å². The second-order valence-corrected chi connectivity index (χ2v) is 6.01. The maximum Gasteiger partial charge on any atom is 0.164 e. The number of rotatable bonds is 0. The number of fused-ring (bicyclic) bond motifs is 3. The van der Waals surface area contributed by atoms with E-state index in [9.17, 15) is 5.11 Å². The fraction of sp³-hybridized carbons (Fsp3) is 1.00. The highest BCUT2D eigenvalue weighted by Crippen LogP contribution is 2.44. The molecule has 0 amide bonds. The van der Waals surface area contributed by atoms with Crippen molar-refractivity contribution < 1.29 is 24.1 Å². The van der Waals surface area contributed by atoms with Gasteiger partial charge in [-0.3, -0.25) is 0 Å². The summed E-state index contributed by atoms with van der Waals surface area (Å²) in [5.74, 6) is -1.28. The standard InChI is InChI=1S/C12H20O5/c1-11(2)14-7-5-6(13)8-10(9(7)16-11)17-12(3,4)15-8/h6-10,13H,5H2,1-4H3/t6-,7+,8-,9-,10-/m0/s1. The maximum atomic E-state index is 10.1. The zero-order valence-corrected chi connectivity index (χ0v) is 10.7. The third-order valence-corrected chi connectivity index (χ3v) is 3.56. The second-order valence-electron chi connectivity index (χ2n) is 6.01. The molecule has 98 valence electrons. The normalized spacial score (nSPS) is 51.0. The summed E-state index contributed by atoms with van der Waals surface area (Å²) in [7, 11) is 0. The Labute approximate surface area is 101 Å². The molecule has 3 rings (SSSR count). The molecule has 1 saturated carbocycles. The maximum absolute atomic E-state index is 10.1. The average Bonchev–Trinajstić information content (AvgIpc) is 2.62. The lowest BCUT2D eigenvalue weighted by Crippen LogP contribution is -2.53. The molecule has 0 spiro atoms. The van der Waals surface area contributed by atoms with E-state index in [-0.39, 0.29) is 24.4 Å². The van der Waals surface area contributed by atoms with E-state index in [2.05, 4.69) is 0 Å². The van der Waals surface area contributed by atoms with Gasteiger partial charge in [0.2, 0.25) is 0 Å². The Morgan fingerprint density at radius 1 is 0.824 bits per heavy atom. The molecule has 0 unspecified atom stereocenters. The van der Waals surface area contributed by atoms with E-state index in [1.54, 1.807) is 0 Å². The molecule has 0 radical (unpaired) electrons. The lowest BCUT2D eigenvalue weighted by atomic mass is 9.87. The van der Waals surface area contributed by atoms with Crippen LogP contribution < -0.4 is 0 Å². The molecule has 0 aromatic rings. The Balaban J connectivity index is 1.86. The smallest absolute Gasteiger partial charge is 0.164 e. The highest BCUT2D eigenvalue weighted by atomic mass is 16.8. The minimum atomic E-state index is -0.665. The van der Waals surface area contributed by atoms with Crippen LogP contribution >= 0.6 is 0 Å². The monoisotopic (exact) mass is 244 g/mol. The molecule has 3 fully saturated rings. The van der Waals surface area contributed by atoms with Crippen LogP contribution in [0.3, 0.4) is 0 Å². The van der Waals surface area contributed by atoms with Gasteiger partial charge >= 0.3 is 0 Å². The lowest BCUT2D eigenvalue weighted by Gasteiger charge is -2.34. The summed E-state index contributed by atoms with van der Waals surface area (Å²) in [6.45, 7) is 7.48. The van der Waals surface area contributed by atoms with Crippen molar-refractivity contribution in [2.24, 2.45) is 0 Å². The molecule has 2 saturated heterocycles. The summed E-state index contributed by atoms with van der Waals surface area (Å²) < 4.78 is 23.2. The number of aliphatic hydroxyl groups is 1. The third-order valence-electron chi connectivity index (χ3n) is 3.56. The van der Waals surface area contributed by atoms with Gasteiger partial charge in [0, 0.05) is 6.42 Å². The predicted molar refractivity (Wildman–Crippen MR) is 58.3 cm³/mol. The molecule has 0 bridgehead atoms. The Kier molecular flexibility index (Phi) is 2.39. The summed E-state index contributed by atoms with van der Waals surface area (Å²) >= 11 is 0. The molecule has 1 N–H and O–H groups in total. The minimum absolute atomic E-state index is 0.112. The predicted octanol–water partition coefficient (Wildman–Crippen LogP) is 0.791. The van der Waals surface area contributed by atoms with Gasteiger partial charge in [0.25, 0.3) is 0 Å². The van der Waals surface area contributed by atoms with E-state index in [0.717, 1.165) is 0 Å². The molecule has 1 aliphatic carbocycles. The highest BCUT2D eigenvalue weighted by Gasteiger charge is 2.59. The molecule has 17 heavy (non-hydrogen) atoms. The fourth-order valence-electron chi connectivity index (χ4n) is 3.06. The van der Waals surface area contributed by atoms with Crippen LogP contribution in [0.25, 0.3) is 0 Å². The number of ether oxygens (including phenoxy) is 4. The quantitative estimate of drug-likeness (QED) is 0.682. The number of aliphatic hydroxyl groups excluding tert-OH is 1. The van der Waals surface area contributed by atoms with Crippen molar-refractivity contribution in [1.82, 2.24) is 0 Å². The van der Waals surface area contributed by atoms with Crippen molar-refractivity contribution in [3.63, 3.8) is 0 Å². The Bertz CT molecular complexity index is 327. The van der Waals surface area contributed by atoms with Crippen molar-refractivity contribution in [1.29, 1.82) is 0 Å². The molecular weight excluding hydrogens is 224 g/mol. The molecule has 2 heterocycles. The van der Waals surface area contributed by atoms with Gasteiger partial charge in [-0.25, -0.2) is 0 Å². The highest BCUT2D eigenvalue weighted by molar-refractivity contribution is 5.03. The molecule has 3 aliphatic rings. The first-order valence-electron chi connectivity index (χ1n) is 6.17. The molecule has 0 aromatic carbocycles. The van der Waals surface area contributed by atoms with Crippen molar-refractivity contribution in [2.45, 2.75) is 76.2 Å². The third kappa shape index (κ3) is 1.90. The van der Waals surface area contributed by atoms with E-state index < -0.39 is 17.7 Å². The number of hydrogen-bond acceptors (Lipinski definition) is 5. The lowest BCUT2D eigenvalue weighted by molar-refractivity contribution is -0.177. The molecule has 5 nitrogen and oxygen atoms in total. The van der Waals surface area contributed by atoms with Crippen molar-refractivity contribution >= 4 is 0 Å². The van der Waals surface area contributed by atoms with Gasteiger partial charge in [-0.2, -0.15) is 0 Å². The Morgan fingerprint density at radius 2 is 1.35 bits per heavy atom. The zero-order valence-electron chi connectivity index (χ0n) is 10.7. The molecule has 5 atom stereocenters. The first-order valence-corrected chi connectivity index (χ1v) is 6.17. The van der Waals surface area contributed by atoms with Crippen LogP contribution in [-0.2, 0) is 18.9 Å². The van der Waals surface area contributed by atoms with Crippen LogP contribution in [0.15, 0.2) is 0 Å². The van der Waals surface area contributed by atoms with E-state index in [1.165, 1.54) is 0 Å². The van der Waals surface area contributed by atoms with Gasteiger partial charge in [0.05, 0.1) is 12.2 Å². The zero-order chi connectivity index (χ0) is 12.4. The second kappa shape index (κ2) is 3.42. The largest absolute Gasteiger partial charge is 0.390 e.